The van der Waals surface area contributed by atoms with Gasteiger partial charge in [-0.2, -0.15) is 0 Å². The summed E-state index contributed by atoms with van der Waals surface area (Å²) < 4.78 is 0. The lowest BCUT2D eigenvalue weighted by molar-refractivity contribution is 0.475. The van der Waals surface area contributed by atoms with Gasteiger partial charge < -0.3 is 10.8 Å². The molecule has 0 fully saturated rings. The highest BCUT2D eigenvalue weighted by Gasteiger charge is 2.01. The fourth-order valence-electron chi connectivity index (χ4n) is 1.56. The van der Waals surface area contributed by atoms with Crippen molar-refractivity contribution in [1.82, 2.24) is 0 Å². The molecule has 0 unspecified atom stereocenters. The van der Waals surface area contributed by atoms with Gasteiger partial charge in [-0.1, -0.05) is 30.3 Å². The molecular weight excluding hydrogens is 186 g/mol. The van der Waals surface area contributed by atoms with Gasteiger partial charge in [-0.25, -0.2) is 0 Å². The molecule has 0 aliphatic rings. The van der Waals surface area contributed by atoms with E-state index in [1.165, 1.54) is 5.56 Å². The van der Waals surface area contributed by atoms with E-state index in [9.17, 15) is 5.11 Å². The molecule has 2 aromatic carbocycles. The van der Waals surface area contributed by atoms with E-state index in [1.807, 2.05) is 30.3 Å². The van der Waals surface area contributed by atoms with Crippen LogP contribution in [-0.4, -0.2) is 5.11 Å². The minimum atomic E-state index is 0.259. The lowest BCUT2D eigenvalue weighted by Crippen LogP contribution is -1.95. The van der Waals surface area contributed by atoms with Crippen LogP contribution in [0.25, 0.3) is 0 Å². The topological polar surface area (TPSA) is 46.2 Å². The molecular formula is C13H13NO. The van der Waals surface area contributed by atoms with Crippen LogP contribution < -0.4 is 5.73 Å². The van der Waals surface area contributed by atoms with Crippen LogP contribution in [0.15, 0.2) is 48.5 Å². The number of benzene rings is 2. The third kappa shape index (κ3) is 2.29. The normalized spacial score (nSPS) is 10.1. The fourth-order valence-corrected chi connectivity index (χ4v) is 1.56. The molecule has 2 nitrogen and oxygen atoms in total. The Labute approximate surface area is 89.0 Å². The first-order valence-corrected chi connectivity index (χ1v) is 4.87. The van der Waals surface area contributed by atoms with Gasteiger partial charge in [0.05, 0.1) is 0 Å². The zero-order valence-electron chi connectivity index (χ0n) is 8.35. The lowest BCUT2D eigenvalue weighted by atomic mass is 10.0. The highest BCUT2D eigenvalue weighted by atomic mass is 16.3. The molecule has 0 bridgehead atoms. The molecule has 2 heteroatoms. The van der Waals surface area contributed by atoms with Crippen LogP contribution in [0.5, 0.6) is 5.75 Å². The van der Waals surface area contributed by atoms with Crippen molar-refractivity contribution < 1.29 is 5.11 Å². The average Bonchev–Trinajstić information content (AvgIpc) is 2.25. The van der Waals surface area contributed by atoms with Crippen LogP contribution in [0.2, 0.25) is 0 Å². The molecule has 0 spiro atoms. The molecule has 2 aromatic rings. The molecule has 2 rings (SSSR count). The molecule has 3 N–H and O–H groups in total. The second-order valence-electron chi connectivity index (χ2n) is 3.55. The number of hydrogen-bond acceptors (Lipinski definition) is 2. The number of aromatic hydroxyl groups is 1. The van der Waals surface area contributed by atoms with Crippen molar-refractivity contribution in [3.05, 3.63) is 59.7 Å². The molecule has 0 aromatic heterocycles. The maximum absolute atomic E-state index is 9.36. The molecule has 0 amide bonds. The van der Waals surface area contributed by atoms with Crippen LogP contribution in [0.1, 0.15) is 11.1 Å². The van der Waals surface area contributed by atoms with Crippen molar-refractivity contribution in [2.75, 3.05) is 5.73 Å². The van der Waals surface area contributed by atoms with E-state index in [-0.39, 0.29) is 5.75 Å². The number of hydrogen-bond donors (Lipinski definition) is 2. The Kier molecular flexibility index (Phi) is 2.59. The number of nitrogens with two attached hydrogens (primary N) is 1. The Balaban J connectivity index is 2.28. The zero-order chi connectivity index (χ0) is 10.7. The number of rotatable bonds is 2. The average molecular weight is 199 g/mol. The first kappa shape index (κ1) is 9.59. The molecule has 0 aliphatic carbocycles. The molecule has 0 atom stereocenters. The number of phenols is 1. The third-order valence-electron chi connectivity index (χ3n) is 2.36. The van der Waals surface area contributed by atoms with Crippen molar-refractivity contribution in [2.24, 2.45) is 0 Å². The number of phenolic OH excluding ortho intramolecular Hbond substituents is 1. The molecule has 76 valence electrons. The zero-order valence-corrected chi connectivity index (χ0v) is 8.35. The Hall–Kier alpha value is -1.96. The number of nitrogen functional groups attached to an aromatic ring is 1. The largest absolute Gasteiger partial charge is 0.508 e. The Bertz CT molecular complexity index is 451. The van der Waals surface area contributed by atoms with Crippen LogP contribution >= 0.6 is 0 Å². The summed E-state index contributed by atoms with van der Waals surface area (Å²) in [5, 5.41) is 9.36. The van der Waals surface area contributed by atoms with Crippen molar-refractivity contribution >= 4 is 5.69 Å². The maximum Gasteiger partial charge on any atom is 0.116 e. The van der Waals surface area contributed by atoms with E-state index in [1.54, 1.807) is 18.2 Å². The minimum Gasteiger partial charge on any atom is -0.508 e. The first-order valence-electron chi connectivity index (χ1n) is 4.87. The second-order valence-corrected chi connectivity index (χ2v) is 3.55. The highest BCUT2D eigenvalue weighted by Crippen LogP contribution is 2.21. The van der Waals surface area contributed by atoms with Gasteiger partial charge in [0.1, 0.15) is 5.75 Å². The van der Waals surface area contributed by atoms with Gasteiger partial charge >= 0.3 is 0 Å². The van der Waals surface area contributed by atoms with Gasteiger partial charge in [0.25, 0.3) is 0 Å². The maximum atomic E-state index is 9.36. The van der Waals surface area contributed by atoms with Crippen LogP contribution in [0.4, 0.5) is 5.69 Å². The first-order chi connectivity index (χ1) is 7.25. The monoisotopic (exact) mass is 199 g/mol. The summed E-state index contributed by atoms with van der Waals surface area (Å²) in [6.07, 6.45) is 0.751. The van der Waals surface area contributed by atoms with Gasteiger partial charge in [0.15, 0.2) is 0 Å². The van der Waals surface area contributed by atoms with Crippen LogP contribution in [0, 0.1) is 0 Å². The highest BCUT2D eigenvalue weighted by molar-refractivity contribution is 5.51. The smallest absolute Gasteiger partial charge is 0.116 e. The van der Waals surface area contributed by atoms with Crippen molar-refractivity contribution in [1.29, 1.82) is 0 Å². The quantitative estimate of drug-likeness (QED) is 0.576. The molecule has 0 heterocycles. The Morgan fingerprint density at radius 2 is 1.73 bits per heavy atom. The summed E-state index contributed by atoms with van der Waals surface area (Å²) in [5.41, 5.74) is 8.69. The molecule has 0 radical (unpaired) electrons. The van der Waals surface area contributed by atoms with Crippen LogP contribution in [-0.2, 0) is 6.42 Å². The second kappa shape index (κ2) is 4.05. The van der Waals surface area contributed by atoms with Crippen molar-refractivity contribution in [2.45, 2.75) is 6.42 Å². The van der Waals surface area contributed by atoms with Crippen molar-refractivity contribution in [3.8, 4) is 5.75 Å². The van der Waals surface area contributed by atoms with Crippen molar-refractivity contribution in [3.63, 3.8) is 0 Å². The van der Waals surface area contributed by atoms with E-state index in [2.05, 4.69) is 0 Å². The molecule has 0 saturated heterocycles. The van der Waals surface area contributed by atoms with E-state index in [4.69, 9.17) is 5.73 Å². The van der Waals surface area contributed by atoms with E-state index in [0.717, 1.165) is 17.7 Å². The lowest BCUT2D eigenvalue weighted by Gasteiger charge is -2.06. The van der Waals surface area contributed by atoms with Gasteiger partial charge in [-0.15, -0.1) is 0 Å². The van der Waals surface area contributed by atoms with E-state index >= 15 is 0 Å². The van der Waals surface area contributed by atoms with Gasteiger partial charge in [-0.05, 0) is 35.7 Å². The third-order valence-corrected chi connectivity index (χ3v) is 2.36. The predicted molar refractivity (Wildman–Crippen MR) is 61.8 cm³/mol. The predicted octanol–water partition coefficient (Wildman–Crippen LogP) is 2.57. The SMILES string of the molecule is Nc1ccc(O)cc1Cc1ccccc1. The Morgan fingerprint density at radius 3 is 2.47 bits per heavy atom. The van der Waals surface area contributed by atoms with Gasteiger partial charge in [0, 0.05) is 5.69 Å². The van der Waals surface area contributed by atoms with Gasteiger partial charge in [0.2, 0.25) is 0 Å². The molecule has 0 saturated carbocycles. The fraction of sp³-hybridized carbons (Fsp3) is 0.0769. The summed E-state index contributed by atoms with van der Waals surface area (Å²) in [7, 11) is 0. The summed E-state index contributed by atoms with van der Waals surface area (Å²) in [4.78, 5) is 0. The van der Waals surface area contributed by atoms with E-state index < -0.39 is 0 Å². The number of anilines is 1. The summed E-state index contributed by atoms with van der Waals surface area (Å²) in [6, 6.07) is 15.1. The van der Waals surface area contributed by atoms with Gasteiger partial charge in [-0.3, -0.25) is 0 Å². The summed E-state index contributed by atoms with van der Waals surface area (Å²) >= 11 is 0. The standard InChI is InChI=1S/C13H13NO/c14-13-7-6-12(15)9-11(13)8-10-4-2-1-3-5-10/h1-7,9,15H,8,14H2. The summed E-state index contributed by atoms with van der Waals surface area (Å²) in [5.74, 6) is 0.259. The summed E-state index contributed by atoms with van der Waals surface area (Å²) in [6.45, 7) is 0. The van der Waals surface area contributed by atoms with E-state index in [0.29, 0.717) is 0 Å². The molecule has 0 aliphatic heterocycles. The molecule has 15 heavy (non-hydrogen) atoms. The minimum absolute atomic E-state index is 0.259. The van der Waals surface area contributed by atoms with Crippen LogP contribution in [0.3, 0.4) is 0 Å². The Morgan fingerprint density at radius 1 is 1.00 bits per heavy atom.